The van der Waals surface area contributed by atoms with Crippen molar-refractivity contribution in [2.24, 2.45) is 11.8 Å². The maximum absolute atomic E-state index is 13.6. The fourth-order valence-corrected chi connectivity index (χ4v) is 5.77. The third-order valence-electron chi connectivity index (χ3n) is 5.85. The van der Waals surface area contributed by atoms with Crippen LogP contribution in [0.5, 0.6) is 0 Å². The molecule has 1 N–H and O–H groups in total. The summed E-state index contributed by atoms with van der Waals surface area (Å²) in [6.45, 7) is 7.83. The van der Waals surface area contributed by atoms with E-state index in [2.05, 4.69) is 18.7 Å². The predicted molar refractivity (Wildman–Crippen MR) is 133 cm³/mol. The highest BCUT2D eigenvalue weighted by atomic mass is 32.2. The first-order valence-corrected chi connectivity index (χ1v) is 12.1. The molecule has 0 saturated carbocycles. The third-order valence-corrected chi connectivity index (χ3v) is 7.23. The summed E-state index contributed by atoms with van der Waals surface area (Å²) in [7, 11) is 0. The van der Waals surface area contributed by atoms with Gasteiger partial charge in [-0.2, -0.15) is 0 Å². The zero-order valence-corrected chi connectivity index (χ0v) is 20.4. The number of pyridine rings is 1. The molecule has 0 aliphatic carbocycles. The van der Waals surface area contributed by atoms with E-state index in [0.29, 0.717) is 38.1 Å². The van der Waals surface area contributed by atoms with Crippen LogP contribution in [-0.2, 0) is 9.59 Å². The Hall–Kier alpha value is -2.72. The Morgan fingerprint density at radius 1 is 1.27 bits per heavy atom. The number of carboxylic acids is 1. The van der Waals surface area contributed by atoms with Crippen molar-refractivity contribution >= 4 is 57.7 Å². The van der Waals surface area contributed by atoms with Crippen LogP contribution in [0, 0.1) is 18.8 Å². The smallest absolute Gasteiger partial charge is 0.305 e. The van der Waals surface area contributed by atoms with Gasteiger partial charge in [0.25, 0.3) is 11.5 Å². The van der Waals surface area contributed by atoms with Crippen molar-refractivity contribution in [3.8, 4) is 0 Å². The maximum Gasteiger partial charge on any atom is 0.305 e. The van der Waals surface area contributed by atoms with Gasteiger partial charge in [-0.05, 0) is 42.9 Å². The molecule has 2 aliphatic rings. The van der Waals surface area contributed by atoms with E-state index in [1.54, 1.807) is 12.3 Å². The Balaban J connectivity index is 1.82. The molecule has 2 fully saturated rings. The van der Waals surface area contributed by atoms with Crippen LogP contribution in [-0.4, -0.2) is 55.2 Å². The van der Waals surface area contributed by atoms with Crippen LogP contribution in [0.2, 0.25) is 0 Å². The summed E-state index contributed by atoms with van der Waals surface area (Å²) >= 11 is 6.39. The van der Waals surface area contributed by atoms with Crippen molar-refractivity contribution in [2.75, 3.05) is 24.5 Å². The molecule has 8 nitrogen and oxygen atoms in total. The summed E-state index contributed by atoms with van der Waals surface area (Å²) in [6.07, 6.45) is 4.22. The van der Waals surface area contributed by atoms with Gasteiger partial charge >= 0.3 is 5.97 Å². The van der Waals surface area contributed by atoms with Gasteiger partial charge in [-0.3, -0.25) is 23.7 Å². The second-order valence-corrected chi connectivity index (χ2v) is 10.6. The first kappa shape index (κ1) is 23.4. The molecular formula is C23H26N4O4S2. The molecule has 0 spiro atoms. The second kappa shape index (κ2) is 9.26. The van der Waals surface area contributed by atoms with Crippen molar-refractivity contribution in [3.05, 3.63) is 44.7 Å². The van der Waals surface area contributed by atoms with Crippen LogP contribution in [0.25, 0.3) is 11.7 Å². The molecule has 0 aromatic carbocycles. The second-order valence-electron chi connectivity index (χ2n) is 8.92. The van der Waals surface area contributed by atoms with Crippen LogP contribution in [0.3, 0.4) is 0 Å². The van der Waals surface area contributed by atoms with E-state index in [9.17, 15) is 14.4 Å². The minimum absolute atomic E-state index is 0.000497. The number of piperidine rings is 1. The predicted octanol–water partition coefficient (Wildman–Crippen LogP) is 3.16. The number of aliphatic carboxylic acids is 1. The Labute approximate surface area is 201 Å². The minimum Gasteiger partial charge on any atom is -0.481 e. The zero-order chi connectivity index (χ0) is 23.9. The van der Waals surface area contributed by atoms with Crippen molar-refractivity contribution in [1.29, 1.82) is 0 Å². The molecular weight excluding hydrogens is 460 g/mol. The molecule has 2 aliphatic heterocycles. The molecule has 2 saturated heterocycles. The average molecular weight is 487 g/mol. The molecule has 4 heterocycles. The molecule has 10 heteroatoms. The number of carboxylic acid groups (broad SMARTS) is 1. The fraction of sp³-hybridized carbons (Fsp3) is 0.435. The van der Waals surface area contributed by atoms with E-state index in [-0.39, 0.29) is 24.4 Å². The topological polar surface area (TPSA) is 95.2 Å². The number of carbonyl (C=O) groups is 2. The molecule has 2 aromatic rings. The van der Waals surface area contributed by atoms with E-state index in [0.717, 1.165) is 36.8 Å². The lowest BCUT2D eigenvalue weighted by atomic mass is 9.91. The van der Waals surface area contributed by atoms with Gasteiger partial charge in [0.2, 0.25) is 0 Å². The van der Waals surface area contributed by atoms with E-state index in [1.165, 1.54) is 9.30 Å². The number of aryl methyl sites for hydroxylation is 1. The van der Waals surface area contributed by atoms with Gasteiger partial charge in [-0.25, -0.2) is 4.98 Å². The summed E-state index contributed by atoms with van der Waals surface area (Å²) in [5.41, 5.74) is 1.57. The number of nitrogens with zero attached hydrogens (tertiary/aromatic N) is 4. The number of rotatable bonds is 5. The number of hydrogen-bond acceptors (Lipinski definition) is 7. The number of thioether (sulfide) groups is 1. The van der Waals surface area contributed by atoms with E-state index in [4.69, 9.17) is 22.3 Å². The first-order valence-electron chi connectivity index (χ1n) is 10.9. The van der Waals surface area contributed by atoms with Gasteiger partial charge in [-0.1, -0.05) is 43.9 Å². The average Bonchev–Trinajstić information content (AvgIpc) is 3.00. The molecule has 174 valence electrons. The lowest BCUT2D eigenvalue weighted by molar-refractivity contribution is -0.137. The number of aromatic nitrogens is 2. The van der Waals surface area contributed by atoms with Gasteiger partial charge in [0.15, 0.2) is 0 Å². The molecule has 0 radical (unpaired) electrons. The molecule has 1 amide bonds. The molecule has 33 heavy (non-hydrogen) atoms. The maximum atomic E-state index is 13.6. The Kier molecular flexibility index (Phi) is 6.58. The van der Waals surface area contributed by atoms with Crippen LogP contribution in [0.4, 0.5) is 5.82 Å². The lowest BCUT2D eigenvalue weighted by Gasteiger charge is -2.36. The fourth-order valence-electron chi connectivity index (χ4n) is 4.48. The Morgan fingerprint density at radius 2 is 1.97 bits per heavy atom. The summed E-state index contributed by atoms with van der Waals surface area (Å²) < 4.78 is 1.80. The summed E-state index contributed by atoms with van der Waals surface area (Å²) in [5.74, 6) is 0.0866. The van der Waals surface area contributed by atoms with E-state index in [1.807, 2.05) is 19.1 Å². The molecule has 4 rings (SSSR count). The Bertz CT molecular complexity index is 1230. The highest BCUT2D eigenvalue weighted by molar-refractivity contribution is 8.26. The summed E-state index contributed by atoms with van der Waals surface area (Å²) in [5, 5.41) is 8.97. The van der Waals surface area contributed by atoms with Crippen molar-refractivity contribution in [2.45, 2.75) is 33.6 Å². The standard InChI is InChI=1S/C23H26N4O4S2/c1-13-4-5-18-24-20(25-10-14(2)8-15(3)11-25)16(21(30)27(18)12-13)9-17-22(31)26(23(32)33-17)7-6-19(28)29/h4-5,9,12,14-15H,6-8,10-11H2,1-3H3,(H,28,29)/b17-9+. The van der Waals surface area contributed by atoms with E-state index < -0.39 is 5.97 Å². The molecule has 2 atom stereocenters. The van der Waals surface area contributed by atoms with Crippen LogP contribution in [0.15, 0.2) is 28.0 Å². The molecule has 0 bridgehead atoms. The van der Waals surface area contributed by atoms with Crippen molar-refractivity contribution < 1.29 is 14.7 Å². The number of hydrogen-bond donors (Lipinski definition) is 1. The van der Waals surface area contributed by atoms with Gasteiger partial charge in [0.1, 0.15) is 15.8 Å². The van der Waals surface area contributed by atoms with E-state index >= 15 is 0 Å². The van der Waals surface area contributed by atoms with Gasteiger partial charge in [-0.15, -0.1) is 0 Å². The summed E-state index contributed by atoms with van der Waals surface area (Å²) in [6, 6.07) is 3.74. The van der Waals surface area contributed by atoms with Crippen LogP contribution >= 0.6 is 24.0 Å². The Morgan fingerprint density at radius 3 is 2.64 bits per heavy atom. The quantitative estimate of drug-likeness (QED) is 0.509. The first-order chi connectivity index (χ1) is 15.6. The monoisotopic (exact) mass is 486 g/mol. The van der Waals surface area contributed by atoms with Crippen LogP contribution in [0.1, 0.15) is 37.8 Å². The number of amides is 1. The number of carbonyl (C=O) groups excluding carboxylic acids is 1. The van der Waals surface area contributed by atoms with Gasteiger partial charge in [0.05, 0.1) is 16.9 Å². The van der Waals surface area contributed by atoms with Gasteiger partial charge < -0.3 is 10.0 Å². The largest absolute Gasteiger partial charge is 0.481 e. The SMILES string of the molecule is Cc1ccc2nc(N3CC(C)CC(C)C3)c(/C=C3/SC(=S)N(CCC(=O)O)C3=O)c(=O)n2c1. The summed E-state index contributed by atoms with van der Waals surface area (Å²) in [4.78, 5) is 46.1. The number of anilines is 1. The van der Waals surface area contributed by atoms with Crippen LogP contribution < -0.4 is 10.5 Å². The number of fused-ring (bicyclic) bond motifs is 1. The van der Waals surface area contributed by atoms with Crippen molar-refractivity contribution in [3.63, 3.8) is 0 Å². The van der Waals surface area contributed by atoms with Gasteiger partial charge in [0, 0.05) is 25.8 Å². The number of thiocarbonyl (C=S) groups is 1. The molecule has 2 unspecified atom stereocenters. The zero-order valence-electron chi connectivity index (χ0n) is 18.8. The highest BCUT2D eigenvalue weighted by Crippen LogP contribution is 2.34. The normalized spacial score (nSPS) is 22.6. The minimum atomic E-state index is -1.00. The third kappa shape index (κ3) is 4.81. The highest BCUT2D eigenvalue weighted by Gasteiger charge is 2.33. The molecule has 2 aromatic heterocycles. The lowest BCUT2D eigenvalue weighted by Crippen LogP contribution is -2.40. The van der Waals surface area contributed by atoms with Crippen molar-refractivity contribution in [1.82, 2.24) is 14.3 Å².